The van der Waals surface area contributed by atoms with E-state index in [9.17, 15) is 0 Å². The van der Waals surface area contributed by atoms with Gasteiger partial charge in [-0.25, -0.2) is 14.6 Å². The molecule has 2 aromatic rings. The van der Waals surface area contributed by atoms with Gasteiger partial charge in [-0.2, -0.15) is 5.10 Å². The van der Waals surface area contributed by atoms with Crippen molar-refractivity contribution in [1.29, 1.82) is 0 Å². The average Bonchev–Trinajstić information content (AvgIpc) is 3.04. The first kappa shape index (κ1) is 14.1. The third-order valence-electron chi connectivity index (χ3n) is 2.99. The molecule has 0 aliphatic rings. The van der Waals surface area contributed by atoms with Gasteiger partial charge in [-0.3, -0.25) is 0 Å². The number of nitrogens with one attached hydrogen (secondary N) is 1. The van der Waals surface area contributed by atoms with Crippen molar-refractivity contribution < 1.29 is 0 Å². The monoisotopic (exact) mass is 279 g/mol. The summed E-state index contributed by atoms with van der Waals surface area (Å²) in [7, 11) is 0. The Morgan fingerprint density at radius 2 is 2.11 bits per heavy atom. The molecule has 0 aliphatic heterocycles. The lowest BCUT2D eigenvalue weighted by Gasteiger charge is -2.13. The summed E-state index contributed by atoms with van der Waals surface area (Å²) in [6.07, 6.45) is 4.63. The van der Waals surface area contributed by atoms with Crippen LogP contribution in [0.5, 0.6) is 0 Å². The van der Waals surface area contributed by atoms with E-state index in [0.717, 1.165) is 17.3 Å². The van der Waals surface area contributed by atoms with Crippen molar-refractivity contribution >= 4 is 11.3 Å². The van der Waals surface area contributed by atoms with Gasteiger partial charge < -0.3 is 5.32 Å². The summed E-state index contributed by atoms with van der Waals surface area (Å²) in [6.45, 7) is 9.21. The molecule has 0 spiro atoms. The molecule has 0 aliphatic carbocycles. The van der Waals surface area contributed by atoms with Crippen LogP contribution < -0.4 is 5.32 Å². The first-order valence-corrected chi connectivity index (χ1v) is 7.49. The molecule has 0 saturated carbocycles. The third-order valence-corrected chi connectivity index (χ3v) is 4.32. The fourth-order valence-electron chi connectivity index (χ4n) is 1.85. The molecule has 2 rings (SSSR count). The molecular formula is C13H21N5S. The van der Waals surface area contributed by atoms with Gasteiger partial charge in [0.05, 0.1) is 12.6 Å². The van der Waals surface area contributed by atoms with Gasteiger partial charge in [0.1, 0.15) is 17.2 Å². The lowest BCUT2D eigenvalue weighted by Crippen LogP contribution is -2.21. The molecule has 104 valence electrons. The number of hydrogen-bond donors (Lipinski definition) is 1. The Balaban J connectivity index is 1.96. The van der Waals surface area contributed by atoms with Crippen LogP contribution in [0, 0.1) is 0 Å². The number of aromatic nitrogens is 4. The maximum Gasteiger partial charge on any atom is 0.141 e. The second kappa shape index (κ2) is 6.25. The summed E-state index contributed by atoms with van der Waals surface area (Å²) < 4.78 is 1.94. The van der Waals surface area contributed by atoms with Crippen LogP contribution >= 0.6 is 11.3 Å². The number of nitrogens with zero attached hydrogens (tertiary/aromatic N) is 4. The summed E-state index contributed by atoms with van der Waals surface area (Å²) in [5.41, 5.74) is 0. The van der Waals surface area contributed by atoms with Crippen LogP contribution in [0.1, 0.15) is 55.5 Å². The van der Waals surface area contributed by atoms with E-state index in [1.165, 1.54) is 4.88 Å². The minimum atomic E-state index is 0.239. The summed E-state index contributed by atoms with van der Waals surface area (Å²) in [5.74, 6) is 0.967. The van der Waals surface area contributed by atoms with E-state index in [2.05, 4.69) is 48.1 Å². The highest BCUT2D eigenvalue weighted by atomic mass is 32.1. The fourth-order valence-corrected chi connectivity index (χ4v) is 2.73. The Morgan fingerprint density at radius 3 is 2.74 bits per heavy atom. The maximum absolute atomic E-state index is 4.46. The molecular weight excluding hydrogens is 258 g/mol. The Labute approximate surface area is 118 Å². The summed E-state index contributed by atoms with van der Waals surface area (Å²) in [4.78, 5) is 10.1. The van der Waals surface area contributed by atoms with Crippen LogP contribution in [0.3, 0.4) is 0 Å². The smallest absolute Gasteiger partial charge is 0.141 e. The normalized spacial score (nSPS) is 13.1. The van der Waals surface area contributed by atoms with Gasteiger partial charge in [-0.05, 0) is 27.2 Å². The Hall–Kier alpha value is -1.27. The molecule has 5 nitrogen and oxygen atoms in total. The average molecular weight is 279 g/mol. The highest BCUT2D eigenvalue weighted by Crippen LogP contribution is 2.20. The largest absolute Gasteiger partial charge is 0.301 e. The van der Waals surface area contributed by atoms with Gasteiger partial charge in [-0.1, -0.05) is 6.92 Å². The van der Waals surface area contributed by atoms with Gasteiger partial charge in [0, 0.05) is 17.1 Å². The predicted octanol–water partition coefficient (Wildman–Crippen LogP) is 2.73. The molecule has 0 saturated heterocycles. The van der Waals surface area contributed by atoms with Crippen molar-refractivity contribution in [1.82, 2.24) is 25.1 Å². The first-order chi connectivity index (χ1) is 9.11. The fraction of sp³-hybridized carbons (Fsp3) is 0.615. The van der Waals surface area contributed by atoms with Crippen molar-refractivity contribution in [3.63, 3.8) is 0 Å². The van der Waals surface area contributed by atoms with Crippen molar-refractivity contribution in [2.75, 3.05) is 0 Å². The molecule has 1 N–H and O–H groups in total. The zero-order chi connectivity index (χ0) is 13.8. The van der Waals surface area contributed by atoms with Gasteiger partial charge in [0.15, 0.2) is 0 Å². The topological polar surface area (TPSA) is 55.6 Å². The Bertz CT molecular complexity index is 517. The van der Waals surface area contributed by atoms with Crippen molar-refractivity contribution in [2.45, 2.75) is 52.7 Å². The number of aryl methyl sites for hydroxylation is 1. The zero-order valence-corrected chi connectivity index (χ0v) is 12.7. The second-order valence-corrected chi connectivity index (χ2v) is 5.98. The van der Waals surface area contributed by atoms with E-state index in [-0.39, 0.29) is 6.04 Å². The molecule has 0 radical (unpaired) electrons. The first-order valence-electron chi connectivity index (χ1n) is 6.68. The van der Waals surface area contributed by atoms with Crippen LogP contribution in [0.15, 0.2) is 12.5 Å². The van der Waals surface area contributed by atoms with Crippen LogP contribution in [-0.4, -0.2) is 19.7 Å². The molecule has 1 atom stereocenters. The number of rotatable bonds is 6. The molecule has 0 aromatic carbocycles. The molecule has 6 heteroatoms. The summed E-state index contributed by atoms with van der Waals surface area (Å²) >= 11 is 1.77. The third kappa shape index (κ3) is 3.39. The van der Waals surface area contributed by atoms with Gasteiger partial charge in [0.25, 0.3) is 0 Å². The minimum Gasteiger partial charge on any atom is -0.301 e. The molecule has 0 bridgehead atoms. The van der Waals surface area contributed by atoms with E-state index in [1.807, 2.05) is 10.9 Å². The van der Waals surface area contributed by atoms with Crippen molar-refractivity contribution in [3.05, 3.63) is 28.2 Å². The SMILES string of the molecule is CCc1cnc(C(C)NCc2ncnn2C(C)C)s1. The quantitative estimate of drug-likeness (QED) is 0.883. The van der Waals surface area contributed by atoms with Crippen molar-refractivity contribution in [2.24, 2.45) is 0 Å². The second-order valence-electron chi connectivity index (χ2n) is 4.84. The zero-order valence-electron chi connectivity index (χ0n) is 11.9. The minimum absolute atomic E-state index is 0.239. The highest BCUT2D eigenvalue weighted by molar-refractivity contribution is 7.11. The standard InChI is InChI=1S/C13H21N5S/c1-5-11-6-15-13(19-11)10(4)14-7-12-16-8-17-18(12)9(2)3/h6,8-10,14H,5,7H2,1-4H3. The van der Waals surface area contributed by atoms with Gasteiger partial charge in [0.2, 0.25) is 0 Å². The lowest BCUT2D eigenvalue weighted by atomic mass is 10.3. The van der Waals surface area contributed by atoms with E-state index in [4.69, 9.17) is 0 Å². The highest BCUT2D eigenvalue weighted by Gasteiger charge is 2.12. The molecule has 0 fully saturated rings. The molecule has 2 aromatic heterocycles. The van der Waals surface area contributed by atoms with Crippen molar-refractivity contribution in [3.8, 4) is 0 Å². The van der Waals surface area contributed by atoms with Crippen LogP contribution in [0.2, 0.25) is 0 Å². The van der Waals surface area contributed by atoms with E-state index in [1.54, 1.807) is 17.7 Å². The van der Waals surface area contributed by atoms with E-state index in [0.29, 0.717) is 12.6 Å². The summed E-state index contributed by atoms with van der Waals surface area (Å²) in [5, 5.41) is 8.83. The molecule has 0 amide bonds. The summed E-state index contributed by atoms with van der Waals surface area (Å²) in [6, 6.07) is 0.573. The van der Waals surface area contributed by atoms with E-state index >= 15 is 0 Å². The Kier molecular flexibility index (Phi) is 4.66. The van der Waals surface area contributed by atoms with Crippen LogP contribution in [0.4, 0.5) is 0 Å². The Morgan fingerprint density at radius 1 is 1.32 bits per heavy atom. The van der Waals surface area contributed by atoms with Gasteiger partial charge >= 0.3 is 0 Å². The molecule has 1 unspecified atom stereocenters. The maximum atomic E-state index is 4.46. The molecule has 19 heavy (non-hydrogen) atoms. The van der Waals surface area contributed by atoms with E-state index < -0.39 is 0 Å². The predicted molar refractivity (Wildman–Crippen MR) is 77.2 cm³/mol. The van der Waals surface area contributed by atoms with Gasteiger partial charge in [-0.15, -0.1) is 11.3 Å². The molecule has 2 heterocycles. The van der Waals surface area contributed by atoms with Crippen LogP contribution in [0.25, 0.3) is 0 Å². The lowest BCUT2D eigenvalue weighted by molar-refractivity contribution is 0.473. The number of hydrogen-bond acceptors (Lipinski definition) is 5. The number of thiazole rings is 1. The van der Waals surface area contributed by atoms with Crippen LogP contribution in [-0.2, 0) is 13.0 Å².